The fourth-order valence-corrected chi connectivity index (χ4v) is 2.22. The Balaban J connectivity index is 1.85. The lowest BCUT2D eigenvalue weighted by Crippen LogP contribution is -2.14. The Morgan fingerprint density at radius 3 is 2.95 bits per heavy atom. The third kappa shape index (κ3) is 2.86. The lowest BCUT2D eigenvalue weighted by molar-refractivity contribution is -0.116. The summed E-state index contributed by atoms with van der Waals surface area (Å²) in [6, 6.07) is 11.5. The van der Waals surface area contributed by atoms with Gasteiger partial charge in [0.15, 0.2) is 0 Å². The molecule has 0 atom stereocenters. The fourth-order valence-electron chi connectivity index (χ4n) is 2.22. The van der Waals surface area contributed by atoms with Crippen molar-refractivity contribution in [2.24, 2.45) is 5.10 Å². The van der Waals surface area contributed by atoms with Crippen LogP contribution < -0.4 is 10.2 Å². The number of aromatic amines is 1. The number of hydrogen-bond donors (Lipinski definition) is 2. The van der Waals surface area contributed by atoms with E-state index in [0.29, 0.717) is 12.0 Å². The summed E-state index contributed by atoms with van der Waals surface area (Å²) in [6.07, 6.45) is 4.20. The third-order valence-corrected chi connectivity index (χ3v) is 3.28. The van der Waals surface area contributed by atoms with Crippen LogP contribution in [0.5, 0.6) is 5.75 Å². The van der Waals surface area contributed by atoms with Crippen molar-refractivity contribution in [3.05, 3.63) is 59.4 Å². The summed E-state index contributed by atoms with van der Waals surface area (Å²) in [5.41, 5.74) is 5.74. The number of rotatable bonds is 4. The topological polar surface area (TPSA) is 66.5 Å². The monoisotopic (exact) mass is 281 g/mol. The van der Waals surface area contributed by atoms with Gasteiger partial charge < -0.3 is 9.72 Å². The molecule has 0 radical (unpaired) electrons. The van der Waals surface area contributed by atoms with Crippen molar-refractivity contribution in [1.82, 2.24) is 10.4 Å². The van der Waals surface area contributed by atoms with Crippen molar-refractivity contribution in [3.63, 3.8) is 0 Å². The van der Waals surface area contributed by atoms with E-state index < -0.39 is 0 Å². The lowest BCUT2D eigenvalue weighted by Gasteiger charge is -2.04. The Morgan fingerprint density at radius 2 is 2.19 bits per heavy atom. The largest absolute Gasteiger partial charge is 0.497 e. The van der Waals surface area contributed by atoms with E-state index in [0.717, 1.165) is 22.7 Å². The van der Waals surface area contributed by atoms with Crippen LogP contribution in [0.25, 0.3) is 6.08 Å². The number of amides is 1. The Labute approximate surface area is 122 Å². The number of ether oxygens (including phenoxy) is 1. The normalized spacial score (nSPS) is 16.0. The van der Waals surface area contributed by atoms with Gasteiger partial charge in [0.05, 0.1) is 18.4 Å². The number of nitrogens with one attached hydrogen (secondary N) is 2. The first-order valence-corrected chi connectivity index (χ1v) is 6.61. The van der Waals surface area contributed by atoms with Crippen LogP contribution in [-0.2, 0) is 11.2 Å². The summed E-state index contributed by atoms with van der Waals surface area (Å²) in [5.74, 6) is 0.614. The molecular formula is C16H15N3O2. The van der Waals surface area contributed by atoms with E-state index in [-0.39, 0.29) is 5.91 Å². The number of benzene rings is 1. The number of hydrazone groups is 1. The van der Waals surface area contributed by atoms with E-state index in [1.165, 1.54) is 0 Å². The second-order valence-electron chi connectivity index (χ2n) is 4.71. The van der Waals surface area contributed by atoms with Crippen LogP contribution in [0.4, 0.5) is 0 Å². The number of aromatic nitrogens is 1. The smallest absolute Gasteiger partial charge is 0.273 e. The van der Waals surface area contributed by atoms with Gasteiger partial charge in [0, 0.05) is 18.3 Å². The Hall–Kier alpha value is -2.82. The maximum atomic E-state index is 11.9. The van der Waals surface area contributed by atoms with E-state index in [2.05, 4.69) is 15.5 Å². The van der Waals surface area contributed by atoms with Crippen LogP contribution in [0, 0.1) is 0 Å². The van der Waals surface area contributed by atoms with Crippen LogP contribution in [0.15, 0.2) is 53.3 Å². The molecular weight excluding hydrogens is 266 g/mol. The maximum Gasteiger partial charge on any atom is 0.273 e. The second-order valence-corrected chi connectivity index (χ2v) is 4.71. The third-order valence-electron chi connectivity index (χ3n) is 3.28. The fraction of sp³-hybridized carbons (Fsp3) is 0.125. The zero-order valence-corrected chi connectivity index (χ0v) is 11.6. The van der Waals surface area contributed by atoms with Gasteiger partial charge >= 0.3 is 0 Å². The lowest BCUT2D eigenvalue weighted by atomic mass is 10.0. The van der Waals surface area contributed by atoms with E-state index >= 15 is 0 Å². The number of carbonyl (C=O) groups is 1. The van der Waals surface area contributed by atoms with Gasteiger partial charge in [0.25, 0.3) is 5.91 Å². The highest BCUT2D eigenvalue weighted by Gasteiger charge is 2.22. The summed E-state index contributed by atoms with van der Waals surface area (Å²) in [7, 11) is 1.63. The van der Waals surface area contributed by atoms with Crippen LogP contribution in [-0.4, -0.2) is 23.7 Å². The molecule has 2 heterocycles. The van der Waals surface area contributed by atoms with Gasteiger partial charge in [-0.05, 0) is 35.9 Å². The zero-order chi connectivity index (χ0) is 14.7. The van der Waals surface area contributed by atoms with Crippen molar-refractivity contribution in [2.75, 3.05) is 7.11 Å². The van der Waals surface area contributed by atoms with Crippen LogP contribution in [0.3, 0.4) is 0 Å². The number of carbonyl (C=O) groups excluding carboxylic acids is 1. The molecule has 2 N–H and O–H groups in total. The van der Waals surface area contributed by atoms with Crippen molar-refractivity contribution < 1.29 is 9.53 Å². The first-order chi connectivity index (χ1) is 10.3. The molecule has 0 fully saturated rings. The molecule has 0 saturated carbocycles. The van der Waals surface area contributed by atoms with Crippen molar-refractivity contribution in [2.45, 2.75) is 6.42 Å². The van der Waals surface area contributed by atoms with Gasteiger partial charge in [-0.3, -0.25) is 4.79 Å². The average molecular weight is 281 g/mol. The molecule has 1 aliphatic rings. The Morgan fingerprint density at radius 1 is 1.29 bits per heavy atom. The zero-order valence-electron chi connectivity index (χ0n) is 11.6. The Bertz CT molecular complexity index is 715. The van der Waals surface area contributed by atoms with E-state index in [9.17, 15) is 4.79 Å². The summed E-state index contributed by atoms with van der Waals surface area (Å²) in [5, 5.41) is 4.12. The molecule has 3 rings (SSSR count). The molecule has 2 aromatic rings. The number of methoxy groups -OCH3 is 1. The minimum atomic E-state index is -0.178. The van der Waals surface area contributed by atoms with Crippen molar-refractivity contribution in [3.8, 4) is 5.75 Å². The maximum absolute atomic E-state index is 11.9. The van der Waals surface area contributed by atoms with Crippen molar-refractivity contribution >= 4 is 17.7 Å². The average Bonchev–Trinajstić information content (AvgIpc) is 3.13. The number of nitrogens with zero attached hydrogens (tertiary/aromatic N) is 1. The van der Waals surface area contributed by atoms with Crippen LogP contribution in [0.2, 0.25) is 0 Å². The molecule has 1 aromatic carbocycles. The predicted octanol–water partition coefficient (Wildman–Crippen LogP) is 2.14. The first kappa shape index (κ1) is 13.2. The summed E-state index contributed by atoms with van der Waals surface area (Å²) >= 11 is 0. The molecule has 0 spiro atoms. The van der Waals surface area contributed by atoms with E-state index in [1.807, 2.05) is 42.6 Å². The summed E-state index contributed by atoms with van der Waals surface area (Å²) < 4.78 is 5.21. The molecule has 0 bridgehead atoms. The molecule has 0 unspecified atom stereocenters. The molecule has 1 aliphatic heterocycles. The van der Waals surface area contributed by atoms with Gasteiger partial charge in [-0.25, -0.2) is 5.43 Å². The Kier molecular flexibility index (Phi) is 3.55. The molecule has 1 aromatic heterocycles. The van der Waals surface area contributed by atoms with Gasteiger partial charge in [0.2, 0.25) is 0 Å². The molecule has 21 heavy (non-hydrogen) atoms. The van der Waals surface area contributed by atoms with Gasteiger partial charge in [-0.15, -0.1) is 0 Å². The standard InChI is InChI=1S/C16H15N3O2/c1-21-13-6-2-4-11(8-13)9-15-14(16(20)19-18-15)10-12-5-3-7-17-12/h2-8,10,17H,9H2,1H3,(H,19,20)/b14-10+. The molecule has 1 amide bonds. The molecule has 0 aliphatic carbocycles. The van der Waals surface area contributed by atoms with Gasteiger partial charge in [-0.2, -0.15) is 5.10 Å². The van der Waals surface area contributed by atoms with Crippen LogP contribution >= 0.6 is 0 Å². The molecule has 5 nitrogen and oxygen atoms in total. The number of H-pyrrole nitrogens is 1. The molecule has 0 saturated heterocycles. The second kappa shape index (κ2) is 5.66. The highest BCUT2D eigenvalue weighted by atomic mass is 16.5. The van der Waals surface area contributed by atoms with Gasteiger partial charge in [0.1, 0.15) is 5.75 Å². The predicted molar refractivity (Wildman–Crippen MR) is 81.0 cm³/mol. The summed E-state index contributed by atoms with van der Waals surface area (Å²) in [4.78, 5) is 14.9. The highest BCUT2D eigenvalue weighted by Crippen LogP contribution is 2.18. The van der Waals surface area contributed by atoms with E-state index in [1.54, 1.807) is 13.2 Å². The van der Waals surface area contributed by atoms with Gasteiger partial charge in [-0.1, -0.05) is 12.1 Å². The first-order valence-electron chi connectivity index (χ1n) is 6.61. The summed E-state index contributed by atoms with van der Waals surface area (Å²) in [6.45, 7) is 0. The molecule has 5 heteroatoms. The minimum absolute atomic E-state index is 0.178. The quantitative estimate of drug-likeness (QED) is 0.843. The SMILES string of the molecule is COc1cccc(CC2=NNC(=O)/C2=C/c2ccc[nH]2)c1. The van der Waals surface area contributed by atoms with Crippen LogP contribution in [0.1, 0.15) is 11.3 Å². The highest BCUT2D eigenvalue weighted by molar-refractivity contribution is 6.27. The minimum Gasteiger partial charge on any atom is -0.497 e. The van der Waals surface area contributed by atoms with Crippen molar-refractivity contribution in [1.29, 1.82) is 0 Å². The van der Waals surface area contributed by atoms with E-state index in [4.69, 9.17) is 4.74 Å². The molecule has 106 valence electrons. The number of hydrogen-bond acceptors (Lipinski definition) is 3.